The lowest BCUT2D eigenvalue weighted by molar-refractivity contribution is 0.199. The van der Waals surface area contributed by atoms with Crippen molar-refractivity contribution in [1.29, 1.82) is 0 Å². The van der Waals surface area contributed by atoms with Crippen LogP contribution in [0.4, 0.5) is 4.39 Å². The van der Waals surface area contributed by atoms with E-state index < -0.39 is 5.82 Å². The second-order valence-electron chi connectivity index (χ2n) is 4.04. The summed E-state index contributed by atoms with van der Waals surface area (Å²) in [5.41, 5.74) is 1.20. The van der Waals surface area contributed by atoms with Crippen LogP contribution in [0.5, 0.6) is 0 Å². The van der Waals surface area contributed by atoms with Crippen LogP contribution in [0.15, 0.2) is 17.5 Å². The zero-order chi connectivity index (χ0) is 14.5. The average Bonchev–Trinajstić information content (AvgIpc) is 2.87. The van der Waals surface area contributed by atoms with Gasteiger partial charge >= 0.3 is 0 Å². The van der Waals surface area contributed by atoms with Crippen molar-refractivity contribution in [2.45, 2.75) is 6.54 Å². The van der Waals surface area contributed by atoms with Gasteiger partial charge in [-0.1, -0.05) is 23.2 Å². The summed E-state index contributed by atoms with van der Waals surface area (Å²) >= 11 is 13.2. The van der Waals surface area contributed by atoms with Gasteiger partial charge in [-0.3, -0.25) is 0 Å². The Labute approximate surface area is 130 Å². The van der Waals surface area contributed by atoms with Gasteiger partial charge in [0.1, 0.15) is 10.8 Å². The number of nitrogens with zero attached hydrogens (tertiary/aromatic N) is 1. The number of methoxy groups -OCH3 is 1. The van der Waals surface area contributed by atoms with E-state index in [1.54, 1.807) is 7.11 Å². The molecule has 0 saturated carbocycles. The first-order valence-electron chi connectivity index (χ1n) is 5.90. The molecule has 1 N–H and O–H groups in total. The molecule has 0 unspecified atom stereocenters. The van der Waals surface area contributed by atoms with Crippen LogP contribution in [0.1, 0.15) is 5.01 Å². The van der Waals surface area contributed by atoms with Crippen molar-refractivity contribution in [3.05, 3.63) is 38.4 Å². The van der Waals surface area contributed by atoms with E-state index in [-0.39, 0.29) is 5.02 Å². The molecule has 0 radical (unpaired) electrons. The molecule has 0 aliphatic carbocycles. The fourth-order valence-electron chi connectivity index (χ4n) is 1.60. The van der Waals surface area contributed by atoms with Crippen molar-refractivity contribution in [1.82, 2.24) is 10.3 Å². The first-order chi connectivity index (χ1) is 9.61. The molecule has 0 bridgehead atoms. The van der Waals surface area contributed by atoms with Gasteiger partial charge < -0.3 is 10.1 Å². The van der Waals surface area contributed by atoms with Crippen LogP contribution in [0.25, 0.3) is 11.3 Å². The molecule has 7 heteroatoms. The van der Waals surface area contributed by atoms with Gasteiger partial charge in [-0.25, -0.2) is 9.37 Å². The largest absolute Gasteiger partial charge is 0.383 e. The van der Waals surface area contributed by atoms with E-state index in [2.05, 4.69) is 10.3 Å². The molecule has 1 aromatic carbocycles. The summed E-state index contributed by atoms with van der Waals surface area (Å²) in [5.74, 6) is -0.501. The summed E-state index contributed by atoms with van der Waals surface area (Å²) in [6.07, 6.45) is 0. The Morgan fingerprint density at radius 1 is 1.35 bits per heavy atom. The summed E-state index contributed by atoms with van der Waals surface area (Å²) in [6.45, 7) is 2.04. The third kappa shape index (κ3) is 3.90. The van der Waals surface area contributed by atoms with Gasteiger partial charge in [0.15, 0.2) is 0 Å². The van der Waals surface area contributed by atoms with E-state index in [1.165, 1.54) is 23.5 Å². The molecule has 0 saturated heterocycles. The highest BCUT2D eigenvalue weighted by Gasteiger charge is 2.12. The van der Waals surface area contributed by atoms with Crippen LogP contribution >= 0.6 is 34.5 Å². The number of rotatable bonds is 6. The highest BCUT2D eigenvalue weighted by molar-refractivity contribution is 7.09. The summed E-state index contributed by atoms with van der Waals surface area (Å²) in [5, 5.41) is 6.35. The minimum absolute atomic E-state index is 0.00966. The molecule has 1 heterocycles. The van der Waals surface area contributed by atoms with Gasteiger partial charge in [0, 0.05) is 31.1 Å². The van der Waals surface area contributed by atoms with Gasteiger partial charge in [0.25, 0.3) is 0 Å². The molecule has 0 atom stereocenters. The fraction of sp³-hybridized carbons (Fsp3) is 0.308. The zero-order valence-corrected chi connectivity index (χ0v) is 13.1. The lowest BCUT2D eigenvalue weighted by Crippen LogP contribution is -2.18. The smallest absolute Gasteiger partial charge is 0.142 e. The maximum atomic E-state index is 13.5. The van der Waals surface area contributed by atoms with Gasteiger partial charge in [-0.15, -0.1) is 11.3 Å². The summed E-state index contributed by atoms with van der Waals surface area (Å²) in [4.78, 5) is 4.43. The lowest BCUT2D eigenvalue weighted by atomic mass is 10.2. The Morgan fingerprint density at radius 3 is 2.90 bits per heavy atom. The van der Waals surface area contributed by atoms with E-state index in [4.69, 9.17) is 27.9 Å². The SMILES string of the molecule is COCCNCc1nc(-c2cc(F)c(Cl)cc2Cl)cs1. The number of hydrogen-bond donors (Lipinski definition) is 1. The maximum Gasteiger partial charge on any atom is 0.142 e. The third-order valence-corrected chi connectivity index (χ3v) is 4.05. The molecule has 1 aromatic heterocycles. The standard InChI is InChI=1S/C13H13Cl2FN2OS/c1-19-3-2-17-6-13-18-12(7-20-13)8-4-11(16)10(15)5-9(8)14/h4-5,7,17H,2-3,6H2,1H3. The number of nitrogens with one attached hydrogen (secondary N) is 1. The first kappa shape index (κ1) is 15.7. The van der Waals surface area contributed by atoms with Crippen LogP contribution in [-0.2, 0) is 11.3 Å². The molecule has 108 valence electrons. The third-order valence-electron chi connectivity index (χ3n) is 2.60. The molecule has 0 fully saturated rings. The predicted octanol–water partition coefficient (Wildman–Crippen LogP) is 3.99. The average molecular weight is 335 g/mol. The van der Waals surface area contributed by atoms with Crippen molar-refractivity contribution in [3.63, 3.8) is 0 Å². The number of thiazole rings is 1. The quantitative estimate of drug-likeness (QED) is 0.640. The highest BCUT2D eigenvalue weighted by atomic mass is 35.5. The van der Waals surface area contributed by atoms with Crippen LogP contribution < -0.4 is 5.32 Å². The van der Waals surface area contributed by atoms with E-state index in [9.17, 15) is 4.39 Å². The highest BCUT2D eigenvalue weighted by Crippen LogP contribution is 2.32. The molecule has 20 heavy (non-hydrogen) atoms. The lowest BCUT2D eigenvalue weighted by Gasteiger charge is -2.03. The number of aromatic nitrogens is 1. The Morgan fingerprint density at radius 2 is 2.15 bits per heavy atom. The van der Waals surface area contributed by atoms with Crippen molar-refractivity contribution in [3.8, 4) is 11.3 Å². The van der Waals surface area contributed by atoms with E-state index in [1.807, 2.05) is 5.38 Å². The van der Waals surface area contributed by atoms with Gasteiger partial charge in [-0.05, 0) is 12.1 Å². The number of halogens is 3. The van der Waals surface area contributed by atoms with E-state index in [0.29, 0.717) is 29.4 Å². The normalized spacial score (nSPS) is 11.0. The Balaban J connectivity index is 2.10. The Kier molecular flexibility index (Phi) is 5.74. The van der Waals surface area contributed by atoms with E-state index >= 15 is 0 Å². The van der Waals surface area contributed by atoms with Crippen molar-refractivity contribution in [2.75, 3.05) is 20.3 Å². The second kappa shape index (κ2) is 7.33. The van der Waals surface area contributed by atoms with Gasteiger partial charge in [0.05, 0.1) is 22.3 Å². The van der Waals surface area contributed by atoms with Crippen molar-refractivity contribution < 1.29 is 9.13 Å². The summed E-state index contributed by atoms with van der Waals surface area (Å²) < 4.78 is 18.4. The molecule has 2 rings (SSSR count). The molecular weight excluding hydrogens is 322 g/mol. The number of ether oxygens (including phenoxy) is 1. The molecule has 0 aliphatic heterocycles. The van der Waals surface area contributed by atoms with E-state index in [0.717, 1.165) is 11.6 Å². The Bertz CT molecular complexity index is 592. The van der Waals surface area contributed by atoms with Crippen molar-refractivity contribution >= 4 is 34.5 Å². The molecule has 3 nitrogen and oxygen atoms in total. The molecule has 0 amide bonds. The minimum Gasteiger partial charge on any atom is -0.383 e. The number of hydrogen-bond acceptors (Lipinski definition) is 4. The van der Waals surface area contributed by atoms with Crippen LogP contribution in [0.2, 0.25) is 10.0 Å². The van der Waals surface area contributed by atoms with Crippen LogP contribution in [-0.4, -0.2) is 25.2 Å². The molecule has 0 aliphatic rings. The molecule has 2 aromatic rings. The zero-order valence-electron chi connectivity index (χ0n) is 10.8. The number of benzene rings is 1. The minimum atomic E-state index is -0.501. The van der Waals surface area contributed by atoms with Crippen molar-refractivity contribution in [2.24, 2.45) is 0 Å². The van der Waals surface area contributed by atoms with Gasteiger partial charge in [-0.2, -0.15) is 0 Å². The molecular formula is C13H13Cl2FN2OS. The summed E-state index contributed by atoms with van der Waals surface area (Å²) in [6, 6.07) is 2.70. The van der Waals surface area contributed by atoms with Crippen LogP contribution in [0, 0.1) is 5.82 Å². The predicted molar refractivity (Wildman–Crippen MR) is 81.1 cm³/mol. The fourth-order valence-corrected chi connectivity index (χ4v) is 2.85. The Hall–Kier alpha value is -0.720. The van der Waals surface area contributed by atoms with Gasteiger partial charge in [0.2, 0.25) is 0 Å². The second-order valence-corrected chi connectivity index (χ2v) is 5.80. The first-order valence-corrected chi connectivity index (χ1v) is 7.54. The van der Waals surface area contributed by atoms with Crippen LogP contribution in [0.3, 0.4) is 0 Å². The maximum absolute atomic E-state index is 13.5. The summed E-state index contributed by atoms with van der Waals surface area (Å²) in [7, 11) is 1.65. The monoisotopic (exact) mass is 334 g/mol. The topological polar surface area (TPSA) is 34.1 Å². The molecule has 0 spiro atoms.